The van der Waals surface area contributed by atoms with Gasteiger partial charge in [-0.25, -0.2) is 0 Å². The first-order chi connectivity index (χ1) is 6.33. The summed E-state index contributed by atoms with van der Waals surface area (Å²) in [6, 6.07) is 7.68. The van der Waals surface area contributed by atoms with Gasteiger partial charge in [0.05, 0.1) is 6.04 Å². The maximum atomic E-state index is 8.37. The third-order valence-electron chi connectivity index (χ3n) is 2.41. The van der Waals surface area contributed by atoms with E-state index in [1.807, 2.05) is 24.3 Å². The van der Waals surface area contributed by atoms with Crippen molar-refractivity contribution in [3.05, 3.63) is 45.8 Å². The molecule has 0 spiro atoms. The summed E-state index contributed by atoms with van der Waals surface area (Å²) < 4.78 is 0. The molecule has 4 heteroatoms. The molecule has 0 saturated heterocycles. The van der Waals surface area contributed by atoms with Crippen LogP contribution in [0.3, 0.4) is 0 Å². The lowest BCUT2D eigenvalue weighted by Crippen LogP contribution is -2.23. The van der Waals surface area contributed by atoms with E-state index in [4.69, 9.17) is 11.3 Å². The first-order valence-corrected chi connectivity index (χ1v) is 4.20. The van der Waals surface area contributed by atoms with Crippen molar-refractivity contribution < 1.29 is 0 Å². The van der Waals surface area contributed by atoms with Crippen LogP contribution in [0.15, 0.2) is 29.4 Å². The number of fused-ring (bicyclic) bond motifs is 1. The van der Waals surface area contributed by atoms with Crippen LogP contribution in [-0.2, 0) is 6.42 Å². The molecule has 2 unspecified atom stereocenters. The van der Waals surface area contributed by atoms with Crippen LogP contribution in [0, 0.1) is 0 Å². The number of hydrogen-bond donors (Lipinski definition) is 1. The Balaban J connectivity index is 2.46. The molecule has 1 aromatic rings. The van der Waals surface area contributed by atoms with Crippen molar-refractivity contribution in [2.24, 2.45) is 10.8 Å². The molecule has 66 valence electrons. The molecule has 1 aromatic carbocycles. The first-order valence-electron chi connectivity index (χ1n) is 4.20. The minimum Gasteiger partial charge on any atom is -0.327 e. The maximum absolute atomic E-state index is 8.37. The van der Waals surface area contributed by atoms with Gasteiger partial charge in [-0.3, -0.25) is 0 Å². The van der Waals surface area contributed by atoms with Crippen LogP contribution in [0.5, 0.6) is 0 Å². The van der Waals surface area contributed by atoms with Crippen LogP contribution < -0.4 is 5.73 Å². The van der Waals surface area contributed by atoms with E-state index in [-0.39, 0.29) is 12.1 Å². The molecule has 0 heterocycles. The molecule has 0 saturated carbocycles. The van der Waals surface area contributed by atoms with Gasteiger partial charge < -0.3 is 5.73 Å². The van der Waals surface area contributed by atoms with E-state index in [2.05, 4.69) is 10.0 Å². The molecule has 2 N–H and O–H groups in total. The van der Waals surface area contributed by atoms with Crippen LogP contribution in [0.4, 0.5) is 0 Å². The molecule has 2 atom stereocenters. The van der Waals surface area contributed by atoms with Crippen molar-refractivity contribution in [1.82, 2.24) is 0 Å². The van der Waals surface area contributed by atoms with Crippen molar-refractivity contribution in [3.8, 4) is 0 Å². The Morgan fingerprint density at radius 3 is 3.00 bits per heavy atom. The summed E-state index contributed by atoms with van der Waals surface area (Å²) in [6.45, 7) is 0. The molecular formula is C9H10N4. The standard InChI is InChI=1S/C9H10N4/c10-8-5-6-3-1-2-4-7(6)9(8)12-13-11/h1-4,8-9H,5,10H2. The monoisotopic (exact) mass is 174 g/mol. The molecule has 0 amide bonds. The fourth-order valence-electron chi connectivity index (χ4n) is 1.81. The summed E-state index contributed by atoms with van der Waals surface area (Å²) in [5, 5.41) is 3.70. The van der Waals surface area contributed by atoms with E-state index in [1.165, 1.54) is 5.56 Å². The van der Waals surface area contributed by atoms with E-state index >= 15 is 0 Å². The number of azide groups is 1. The van der Waals surface area contributed by atoms with E-state index in [0.29, 0.717) is 0 Å². The number of benzene rings is 1. The summed E-state index contributed by atoms with van der Waals surface area (Å²) in [4.78, 5) is 2.81. The molecule has 4 nitrogen and oxygen atoms in total. The number of rotatable bonds is 1. The van der Waals surface area contributed by atoms with Gasteiger partial charge in [0.25, 0.3) is 0 Å². The molecular weight excluding hydrogens is 164 g/mol. The third-order valence-corrected chi connectivity index (χ3v) is 2.41. The Hall–Kier alpha value is -1.51. The van der Waals surface area contributed by atoms with Crippen LogP contribution in [0.2, 0.25) is 0 Å². The molecule has 1 aliphatic rings. The average molecular weight is 174 g/mol. The highest BCUT2D eigenvalue weighted by molar-refractivity contribution is 5.37. The topological polar surface area (TPSA) is 74.8 Å². The van der Waals surface area contributed by atoms with Crippen LogP contribution in [0.25, 0.3) is 10.4 Å². The average Bonchev–Trinajstić information content (AvgIpc) is 2.44. The smallest absolute Gasteiger partial charge is 0.0782 e. The van der Waals surface area contributed by atoms with Gasteiger partial charge >= 0.3 is 0 Å². The lowest BCUT2D eigenvalue weighted by molar-refractivity contribution is 0.590. The summed E-state index contributed by atoms with van der Waals surface area (Å²) in [7, 11) is 0. The van der Waals surface area contributed by atoms with Gasteiger partial charge in [-0.05, 0) is 23.1 Å². The summed E-state index contributed by atoms with van der Waals surface area (Å²) in [5.41, 5.74) is 16.5. The molecule has 0 aliphatic heterocycles. The Morgan fingerprint density at radius 2 is 2.23 bits per heavy atom. The second-order valence-electron chi connectivity index (χ2n) is 3.22. The number of nitrogens with zero attached hydrogens (tertiary/aromatic N) is 3. The van der Waals surface area contributed by atoms with Gasteiger partial charge in [0.1, 0.15) is 0 Å². The minimum absolute atomic E-state index is 0.0618. The minimum atomic E-state index is -0.179. The zero-order chi connectivity index (χ0) is 9.26. The molecule has 13 heavy (non-hydrogen) atoms. The second-order valence-corrected chi connectivity index (χ2v) is 3.22. The second kappa shape index (κ2) is 3.09. The van der Waals surface area contributed by atoms with Crippen molar-refractivity contribution in [2.45, 2.75) is 18.5 Å². The van der Waals surface area contributed by atoms with Gasteiger partial charge in [0.15, 0.2) is 0 Å². The molecule has 0 radical (unpaired) electrons. The molecule has 0 fully saturated rings. The van der Waals surface area contributed by atoms with Crippen LogP contribution in [-0.4, -0.2) is 6.04 Å². The Kier molecular flexibility index (Phi) is 1.93. The predicted octanol–water partition coefficient (Wildman–Crippen LogP) is 1.92. The molecule has 2 rings (SSSR count). The van der Waals surface area contributed by atoms with Crippen LogP contribution >= 0.6 is 0 Å². The van der Waals surface area contributed by atoms with Crippen molar-refractivity contribution >= 4 is 0 Å². The van der Waals surface area contributed by atoms with Crippen molar-refractivity contribution in [3.63, 3.8) is 0 Å². The van der Waals surface area contributed by atoms with E-state index in [1.54, 1.807) is 0 Å². The normalized spacial score (nSPS) is 25.0. The van der Waals surface area contributed by atoms with Crippen LogP contribution in [0.1, 0.15) is 17.2 Å². The van der Waals surface area contributed by atoms with Gasteiger partial charge in [0, 0.05) is 11.0 Å². The maximum Gasteiger partial charge on any atom is 0.0782 e. The van der Waals surface area contributed by atoms with Crippen molar-refractivity contribution in [1.29, 1.82) is 0 Å². The fraction of sp³-hybridized carbons (Fsp3) is 0.333. The lowest BCUT2D eigenvalue weighted by Gasteiger charge is -2.08. The summed E-state index contributed by atoms with van der Waals surface area (Å²) >= 11 is 0. The summed E-state index contributed by atoms with van der Waals surface area (Å²) in [6.07, 6.45) is 0.805. The Labute approximate surface area is 76.0 Å². The zero-order valence-corrected chi connectivity index (χ0v) is 7.09. The lowest BCUT2D eigenvalue weighted by atomic mass is 10.1. The highest BCUT2D eigenvalue weighted by Crippen LogP contribution is 2.32. The van der Waals surface area contributed by atoms with Gasteiger partial charge in [-0.15, -0.1) is 0 Å². The van der Waals surface area contributed by atoms with E-state index < -0.39 is 0 Å². The van der Waals surface area contributed by atoms with Crippen molar-refractivity contribution in [2.75, 3.05) is 0 Å². The van der Waals surface area contributed by atoms with E-state index in [9.17, 15) is 0 Å². The zero-order valence-electron chi connectivity index (χ0n) is 7.09. The van der Waals surface area contributed by atoms with Gasteiger partial charge in [-0.1, -0.05) is 29.4 Å². The third kappa shape index (κ3) is 1.26. The molecule has 0 aromatic heterocycles. The Morgan fingerprint density at radius 1 is 1.46 bits per heavy atom. The molecule has 0 bridgehead atoms. The highest BCUT2D eigenvalue weighted by atomic mass is 15.2. The van der Waals surface area contributed by atoms with Gasteiger partial charge in [0.2, 0.25) is 0 Å². The number of hydrogen-bond acceptors (Lipinski definition) is 2. The largest absolute Gasteiger partial charge is 0.327 e. The highest BCUT2D eigenvalue weighted by Gasteiger charge is 2.28. The predicted molar refractivity (Wildman–Crippen MR) is 50.0 cm³/mol. The van der Waals surface area contributed by atoms with Gasteiger partial charge in [-0.2, -0.15) is 0 Å². The summed E-state index contributed by atoms with van der Waals surface area (Å²) in [5.74, 6) is 0. The molecule has 1 aliphatic carbocycles. The SMILES string of the molecule is [N-]=[N+]=NC1c2ccccc2CC1N. The Bertz CT molecular complexity index is 368. The van der Waals surface area contributed by atoms with E-state index in [0.717, 1.165) is 12.0 Å². The first kappa shape index (κ1) is 8.10. The fourth-order valence-corrected chi connectivity index (χ4v) is 1.81. The number of nitrogens with two attached hydrogens (primary N) is 1. The quantitative estimate of drug-likeness (QED) is 0.394.